The third-order valence-corrected chi connectivity index (χ3v) is 5.24. The molecule has 0 radical (unpaired) electrons. The molecule has 0 bridgehead atoms. The van der Waals surface area contributed by atoms with E-state index in [-0.39, 0.29) is 6.04 Å². The number of carbonyl (C=O) groups excluding carboxylic acids is 1. The largest absolute Gasteiger partial charge is 0.341 e. The van der Waals surface area contributed by atoms with Crippen molar-refractivity contribution in [2.75, 3.05) is 25.6 Å². The highest BCUT2D eigenvalue weighted by Crippen LogP contribution is 2.38. The molecule has 1 aliphatic carbocycles. The minimum absolute atomic E-state index is 0.0943. The fourth-order valence-corrected chi connectivity index (χ4v) is 3.95. The SMILES string of the molecule is CSCC(C)N(C)C(=O)C1NCC2CCCC21. The summed E-state index contributed by atoms with van der Waals surface area (Å²) in [6, 6.07) is 0.427. The van der Waals surface area contributed by atoms with Crippen LogP contribution in [-0.4, -0.2) is 48.5 Å². The smallest absolute Gasteiger partial charge is 0.240 e. The summed E-state index contributed by atoms with van der Waals surface area (Å²) in [6.07, 6.45) is 5.95. The fraction of sp³-hybridized carbons (Fsp3) is 0.923. The van der Waals surface area contributed by atoms with E-state index in [2.05, 4.69) is 18.5 Å². The van der Waals surface area contributed by atoms with E-state index in [1.54, 1.807) is 11.8 Å². The molecule has 1 aliphatic heterocycles. The summed E-state index contributed by atoms with van der Waals surface area (Å²) < 4.78 is 0. The van der Waals surface area contributed by atoms with Gasteiger partial charge in [-0.15, -0.1) is 0 Å². The molecule has 0 aromatic rings. The maximum absolute atomic E-state index is 12.5. The van der Waals surface area contributed by atoms with Gasteiger partial charge in [-0.05, 0) is 44.4 Å². The first-order valence-corrected chi connectivity index (χ1v) is 8.03. The zero-order valence-corrected chi connectivity index (χ0v) is 11.9. The molecule has 0 spiro atoms. The lowest BCUT2D eigenvalue weighted by Crippen LogP contribution is -2.48. The van der Waals surface area contributed by atoms with Crippen LogP contribution in [0.25, 0.3) is 0 Å². The molecule has 1 heterocycles. The van der Waals surface area contributed by atoms with Crippen molar-refractivity contribution in [2.45, 2.75) is 38.3 Å². The van der Waals surface area contributed by atoms with E-state index in [1.807, 2.05) is 11.9 Å². The molecular formula is C13H24N2OS. The van der Waals surface area contributed by atoms with Gasteiger partial charge in [0.2, 0.25) is 5.91 Å². The van der Waals surface area contributed by atoms with Gasteiger partial charge in [-0.3, -0.25) is 4.79 Å². The lowest BCUT2D eigenvalue weighted by atomic mass is 9.93. The molecular weight excluding hydrogens is 232 g/mol. The molecule has 2 aliphatic rings. The van der Waals surface area contributed by atoms with Gasteiger partial charge >= 0.3 is 0 Å². The highest BCUT2D eigenvalue weighted by molar-refractivity contribution is 7.98. The second-order valence-corrected chi connectivity index (χ2v) is 6.40. The Hall–Kier alpha value is -0.220. The zero-order chi connectivity index (χ0) is 12.4. The molecule has 4 unspecified atom stereocenters. The topological polar surface area (TPSA) is 32.3 Å². The van der Waals surface area contributed by atoms with Crippen LogP contribution < -0.4 is 5.32 Å². The molecule has 3 nitrogen and oxygen atoms in total. The molecule has 2 rings (SSSR count). The minimum Gasteiger partial charge on any atom is -0.341 e. The molecule has 4 atom stereocenters. The number of fused-ring (bicyclic) bond motifs is 1. The number of thioether (sulfide) groups is 1. The Morgan fingerprint density at radius 3 is 3.00 bits per heavy atom. The Kier molecular flexibility index (Phi) is 4.36. The van der Waals surface area contributed by atoms with Gasteiger partial charge < -0.3 is 10.2 Å². The van der Waals surface area contributed by atoms with Gasteiger partial charge in [0.1, 0.15) is 0 Å². The normalized spacial score (nSPS) is 33.5. The number of likely N-dealkylation sites (N-methyl/N-ethyl adjacent to an activating group) is 1. The van der Waals surface area contributed by atoms with E-state index in [4.69, 9.17) is 0 Å². The van der Waals surface area contributed by atoms with E-state index in [0.29, 0.717) is 17.9 Å². The monoisotopic (exact) mass is 256 g/mol. The first kappa shape index (κ1) is 13.2. The van der Waals surface area contributed by atoms with Crippen LogP contribution in [0.4, 0.5) is 0 Å². The minimum atomic E-state index is 0.0943. The summed E-state index contributed by atoms with van der Waals surface area (Å²) in [7, 11) is 1.95. The standard InChI is InChI=1S/C13H24N2OS/c1-9(8-17-3)15(2)13(16)12-11-6-4-5-10(11)7-14-12/h9-12,14H,4-8H2,1-3H3. The van der Waals surface area contributed by atoms with Crippen LogP contribution >= 0.6 is 11.8 Å². The van der Waals surface area contributed by atoms with Crippen LogP contribution in [-0.2, 0) is 4.79 Å². The summed E-state index contributed by atoms with van der Waals surface area (Å²) in [5, 5.41) is 3.44. The highest BCUT2D eigenvalue weighted by Gasteiger charge is 2.43. The molecule has 1 amide bonds. The van der Waals surface area contributed by atoms with Crippen LogP contribution in [0, 0.1) is 11.8 Å². The number of nitrogens with zero attached hydrogens (tertiary/aromatic N) is 1. The van der Waals surface area contributed by atoms with Crippen LogP contribution in [0.15, 0.2) is 0 Å². The van der Waals surface area contributed by atoms with Gasteiger partial charge in [-0.2, -0.15) is 11.8 Å². The van der Waals surface area contributed by atoms with Crippen molar-refractivity contribution in [3.05, 3.63) is 0 Å². The fourth-order valence-electron chi connectivity index (χ4n) is 3.25. The second kappa shape index (κ2) is 5.61. The van der Waals surface area contributed by atoms with Crippen molar-refractivity contribution in [2.24, 2.45) is 11.8 Å². The molecule has 1 saturated heterocycles. The van der Waals surface area contributed by atoms with Gasteiger partial charge in [-0.25, -0.2) is 0 Å². The van der Waals surface area contributed by atoms with Crippen molar-refractivity contribution in [3.63, 3.8) is 0 Å². The number of hydrogen-bond acceptors (Lipinski definition) is 3. The van der Waals surface area contributed by atoms with Gasteiger partial charge in [0.25, 0.3) is 0 Å². The van der Waals surface area contributed by atoms with Crippen molar-refractivity contribution in [1.82, 2.24) is 10.2 Å². The molecule has 0 aromatic carbocycles. The average Bonchev–Trinajstić information content (AvgIpc) is 2.89. The maximum Gasteiger partial charge on any atom is 0.240 e. The Morgan fingerprint density at radius 1 is 1.53 bits per heavy atom. The molecule has 1 N–H and O–H groups in total. The average molecular weight is 256 g/mol. The van der Waals surface area contributed by atoms with E-state index in [9.17, 15) is 4.79 Å². The van der Waals surface area contributed by atoms with Crippen molar-refractivity contribution < 1.29 is 4.79 Å². The number of rotatable bonds is 4. The Bertz CT molecular complexity index is 285. The predicted octanol–water partition coefficient (Wildman–Crippen LogP) is 1.58. The van der Waals surface area contributed by atoms with Gasteiger partial charge in [0.15, 0.2) is 0 Å². The second-order valence-electron chi connectivity index (χ2n) is 5.49. The molecule has 17 heavy (non-hydrogen) atoms. The maximum atomic E-state index is 12.5. The van der Waals surface area contributed by atoms with E-state index < -0.39 is 0 Å². The van der Waals surface area contributed by atoms with Crippen molar-refractivity contribution >= 4 is 17.7 Å². The summed E-state index contributed by atoms with van der Waals surface area (Å²) in [5.41, 5.74) is 0. The van der Waals surface area contributed by atoms with Gasteiger partial charge in [0, 0.05) is 18.8 Å². The van der Waals surface area contributed by atoms with Crippen molar-refractivity contribution in [3.8, 4) is 0 Å². The van der Waals surface area contributed by atoms with Crippen LogP contribution in [0.3, 0.4) is 0 Å². The van der Waals surface area contributed by atoms with Crippen LogP contribution in [0.5, 0.6) is 0 Å². The van der Waals surface area contributed by atoms with E-state index >= 15 is 0 Å². The Labute approximate surface area is 109 Å². The van der Waals surface area contributed by atoms with Crippen LogP contribution in [0.1, 0.15) is 26.2 Å². The van der Waals surface area contributed by atoms with Gasteiger partial charge in [0.05, 0.1) is 6.04 Å². The summed E-state index contributed by atoms with van der Waals surface area (Å²) in [5.74, 6) is 2.68. The number of nitrogens with one attached hydrogen (secondary N) is 1. The summed E-state index contributed by atoms with van der Waals surface area (Å²) in [4.78, 5) is 14.4. The molecule has 2 fully saturated rings. The lowest BCUT2D eigenvalue weighted by molar-refractivity contribution is -0.134. The highest BCUT2D eigenvalue weighted by atomic mass is 32.2. The predicted molar refractivity (Wildman–Crippen MR) is 73.2 cm³/mol. The molecule has 1 saturated carbocycles. The van der Waals surface area contributed by atoms with Crippen LogP contribution in [0.2, 0.25) is 0 Å². The third kappa shape index (κ3) is 2.63. The Morgan fingerprint density at radius 2 is 2.29 bits per heavy atom. The lowest BCUT2D eigenvalue weighted by Gasteiger charge is -2.29. The number of hydrogen-bond donors (Lipinski definition) is 1. The van der Waals surface area contributed by atoms with Crippen molar-refractivity contribution in [1.29, 1.82) is 0 Å². The van der Waals surface area contributed by atoms with E-state index in [1.165, 1.54) is 19.3 Å². The first-order chi connectivity index (χ1) is 8.15. The quantitative estimate of drug-likeness (QED) is 0.829. The Balaban J connectivity index is 1.95. The third-order valence-electron chi connectivity index (χ3n) is 4.43. The first-order valence-electron chi connectivity index (χ1n) is 6.64. The summed E-state index contributed by atoms with van der Waals surface area (Å²) in [6.45, 7) is 3.18. The van der Waals surface area contributed by atoms with E-state index in [0.717, 1.165) is 18.2 Å². The zero-order valence-electron chi connectivity index (χ0n) is 11.1. The molecule has 98 valence electrons. The number of carbonyl (C=O) groups is 1. The molecule has 0 aromatic heterocycles. The number of amides is 1. The van der Waals surface area contributed by atoms with Gasteiger partial charge in [-0.1, -0.05) is 6.42 Å². The molecule has 4 heteroatoms. The summed E-state index contributed by atoms with van der Waals surface area (Å²) >= 11 is 1.80.